The van der Waals surface area contributed by atoms with Crippen LogP contribution >= 0.6 is 0 Å². The number of ether oxygens (including phenoxy) is 1. The Morgan fingerprint density at radius 1 is 0.963 bits per heavy atom. The first-order valence-corrected chi connectivity index (χ1v) is 9.15. The maximum absolute atomic E-state index is 13.1. The third-order valence-corrected chi connectivity index (χ3v) is 5.26. The van der Waals surface area contributed by atoms with Gasteiger partial charge in [-0.05, 0) is 53.2 Å². The number of piperazine rings is 1. The molecule has 1 fully saturated rings. The quantitative estimate of drug-likeness (QED) is 0.757. The minimum atomic E-state index is -0.209. The molecule has 1 N–H and O–H groups in total. The average Bonchev–Trinajstić information content (AvgIpc) is 2.71. The van der Waals surface area contributed by atoms with Crippen molar-refractivity contribution in [3.8, 4) is 11.5 Å². The van der Waals surface area contributed by atoms with Crippen molar-refractivity contribution in [2.75, 3.05) is 38.2 Å². The summed E-state index contributed by atoms with van der Waals surface area (Å²) in [5.74, 6) is 0.895. The lowest BCUT2D eigenvalue weighted by Gasteiger charge is -2.36. The van der Waals surface area contributed by atoms with Crippen molar-refractivity contribution in [1.82, 2.24) is 4.90 Å². The van der Waals surface area contributed by atoms with Crippen molar-refractivity contribution >= 4 is 16.5 Å². The number of methoxy groups -OCH3 is 1. The molecule has 0 aromatic heterocycles. The van der Waals surface area contributed by atoms with E-state index in [4.69, 9.17) is 4.74 Å². The van der Waals surface area contributed by atoms with E-state index in [0.717, 1.165) is 54.0 Å². The molecule has 0 aliphatic carbocycles. The summed E-state index contributed by atoms with van der Waals surface area (Å²) in [6.07, 6.45) is 0. The Hall–Kier alpha value is -2.79. The van der Waals surface area contributed by atoms with Gasteiger partial charge in [0.1, 0.15) is 17.3 Å². The molecule has 4 rings (SSSR count). The van der Waals surface area contributed by atoms with E-state index in [9.17, 15) is 9.50 Å². The fraction of sp³-hybridized carbons (Fsp3) is 0.273. The molecule has 1 aliphatic heterocycles. The van der Waals surface area contributed by atoms with Crippen LogP contribution in [0.3, 0.4) is 0 Å². The Labute approximate surface area is 158 Å². The van der Waals surface area contributed by atoms with Gasteiger partial charge >= 0.3 is 0 Å². The number of nitrogens with zero attached hydrogens (tertiary/aromatic N) is 2. The highest BCUT2D eigenvalue weighted by Gasteiger charge is 2.19. The fourth-order valence-corrected chi connectivity index (χ4v) is 3.68. The van der Waals surface area contributed by atoms with E-state index in [2.05, 4.69) is 9.80 Å². The number of rotatable bonds is 4. The summed E-state index contributed by atoms with van der Waals surface area (Å²) >= 11 is 0. The smallest absolute Gasteiger partial charge is 0.123 e. The Kier molecular flexibility index (Phi) is 4.86. The molecule has 140 valence electrons. The summed E-state index contributed by atoms with van der Waals surface area (Å²) in [4.78, 5) is 4.61. The van der Waals surface area contributed by atoms with Crippen LogP contribution in [0.2, 0.25) is 0 Å². The van der Waals surface area contributed by atoms with Crippen LogP contribution in [0.4, 0.5) is 10.1 Å². The van der Waals surface area contributed by atoms with E-state index < -0.39 is 0 Å². The molecule has 0 saturated carbocycles. The molecule has 27 heavy (non-hydrogen) atoms. The molecule has 1 saturated heterocycles. The second-order valence-corrected chi connectivity index (χ2v) is 6.89. The zero-order valence-corrected chi connectivity index (χ0v) is 15.4. The van der Waals surface area contributed by atoms with Gasteiger partial charge in [0.15, 0.2) is 0 Å². The van der Waals surface area contributed by atoms with Gasteiger partial charge in [-0.2, -0.15) is 0 Å². The third kappa shape index (κ3) is 3.69. The largest absolute Gasteiger partial charge is 0.508 e. The molecule has 0 amide bonds. The number of benzene rings is 3. The van der Waals surface area contributed by atoms with Crippen molar-refractivity contribution in [1.29, 1.82) is 0 Å². The number of phenols is 1. The molecule has 5 heteroatoms. The van der Waals surface area contributed by atoms with Crippen LogP contribution in [0.1, 0.15) is 5.56 Å². The lowest BCUT2D eigenvalue weighted by Crippen LogP contribution is -2.46. The SMILES string of the molecule is COc1ccc2ccc(O)c(CN3CCN(c4ccc(F)cc4)CC3)c2c1. The number of anilines is 1. The van der Waals surface area contributed by atoms with Crippen molar-refractivity contribution in [3.05, 3.63) is 66.0 Å². The van der Waals surface area contributed by atoms with Crippen molar-refractivity contribution < 1.29 is 14.2 Å². The van der Waals surface area contributed by atoms with Crippen LogP contribution in [0, 0.1) is 5.82 Å². The minimum Gasteiger partial charge on any atom is -0.508 e. The van der Waals surface area contributed by atoms with E-state index in [1.807, 2.05) is 36.4 Å². The molecule has 3 aromatic carbocycles. The summed E-state index contributed by atoms with van der Waals surface area (Å²) in [6.45, 7) is 4.21. The Morgan fingerprint density at radius 2 is 1.67 bits per heavy atom. The first-order chi connectivity index (χ1) is 13.1. The molecular formula is C22H23FN2O2. The van der Waals surface area contributed by atoms with E-state index in [1.54, 1.807) is 13.2 Å². The van der Waals surface area contributed by atoms with Gasteiger partial charge in [-0.3, -0.25) is 4.90 Å². The molecule has 3 aromatic rings. The maximum atomic E-state index is 13.1. The number of hydrogen-bond acceptors (Lipinski definition) is 4. The summed E-state index contributed by atoms with van der Waals surface area (Å²) < 4.78 is 18.5. The summed E-state index contributed by atoms with van der Waals surface area (Å²) in [5, 5.41) is 12.6. The molecule has 0 bridgehead atoms. The maximum Gasteiger partial charge on any atom is 0.123 e. The third-order valence-electron chi connectivity index (χ3n) is 5.26. The first kappa shape index (κ1) is 17.6. The number of aromatic hydroxyl groups is 1. The van der Waals surface area contributed by atoms with Crippen LogP contribution < -0.4 is 9.64 Å². The minimum absolute atomic E-state index is 0.209. The van der Waals surface area contributed by atoms with Crippen LogP contribution in [-0.4, -0.2) is 43.3 Å². The molecule has 1 heterocycles. The molecule has 0 atom stereocenters. The topological polar surface area (TPSA) is 35.9 Å². The van der Waals surface area contributed by atoms with Crippen molar-refractivity contribution in [3.63, 3.8) is 0 Å². The molecular weight excluding hydrogens is 343 g/mol. The van der Waals surface area contributed by atoms with Crippen LogP contribution in [0.5, 0.6) is 11.5 Å². The number of fused-ring (bicyclic) bond motifs is 1. The zero-order valence-electron chi connectivity index (χ0n) is 15.4. The molecule has 1 aliphatic rings. The van der Waals surface area contributed by atoms with Gasteiger partial charge in [-0.1, -0.05) is 12.1 Å². The molecule has 0 unspecified atom stereocenters. The van der Waals surface area contributed by atoms with E-state index in [-0.39, 0.29) is 5.82 Å². The number of halogens is 1. The van der Waals surface area contributed by atoms with Gasteiger partial charge in [-0.25, -0.2) is 4.39 Å². The van der Waals surface area contributed by atoms with Crippen molar-refractivity contribution in [2.45, 2.75) is 6.54 Å². The number of hydrogen-bond donors (Lipinski definition) is 1. The monoisotopic (exact) mass is 366 g/mol. The predicted octanol–water partition coefficient (Wildman–Crippen LogP) is 4.02. The summed E-state index contributed by atoms with van der Waals surface area (Å²) in [5.41, 5.74) is 1.98. The van der Waals surface area contributed by atoms with Crippen LogP contribution in [0.15, 0.2) is 54.6 Å². The van der Waals surface area contributed by atoms with Crippen LogP contribution in [0.25, 0.3) is 10.8 Å². The van der Waals surface area contributed by atoms with E-state index in [0.29, 0.717) is 12.3 Å². The summed E-state index contributed by atoms with van der Waals surface area (Å²) in [7, 11) is 1.65. The normalized spacial score (nSPS) is 15.3. The highest BCUT2D eigenvalue weighted by Crippen LogP contribution is 2.31. The Balaban J connectivity index is 1.50. The van der Waals surface area contributed by atoms with Gasteiger partial charge in [-0.15, -0.1) is 0 Å². The molecule has 0 radical (unpaired) electrons. The summed E-state index contributed by atoms with van der Waals surface area (Å²) in [6, 6.07) is 16.3. The van der Waals surface area contributed by atoms with E-state index >= 15 is 0 Å². The Morgan fingerprint density at radius 3 is 2.37 bits per heavy atom. The van der Waals surface area contributed by atoms with Crippen molar-refractivity contribution in [2.24, 2.45) is 0 Å². The predicted molar refractivity (Wildman–Crippen MR) is 106 cm³/mol. The second kappa shape index (κ2) is 7.45. The highest BCUT2D eigenvalue weighted by molar-refractivity contribution is 5.89. The highest BCUT2D eigenvalue weighted by atomic mass is 19.1. The second-order valence-electron chi connectivity index (χ2n) is 6.89. The van der Waals surface area contributed by atoms with Gasteiger partial charge in [0.2, 0.25) is 0 Å². The van der Waals surface area contributed by atoms with Gasteiger partial charge < -0.3 is 14.7 Å². The Bertz CT molecular complexity index is 935. The standard InChI is InChI=1S/C22H23FN2O2/c1-27-19-8-2-16-3-9-22(26)21(20(16)14-19)15-24-10-12-25(13-11-24)18-6-4-17(23)5-7-18/h2-9,14,26H,10-13,15H2,1H3. The average molecular weight is 366 g/mol. The van der Waals surface area contributed by atoms with Gasteiger partial charge in [0, 0.05) is 44.0 Å². The lowest BCUT2D eigenvalue weighted by atomic mass is 10.0. The number of phenolic OH excluding ortho intramolecular Hbond substituents is 1. The first-order valence-electron chi connectivity index (χ1n) is 9.15. The zero-order chi connectivity index (χ0) is 18.8. The molecule has 4 nitrogen and oxygen atoms in total. The van der Waals surface area contributed by atoms with Crippen LogP contribution in [-0.2, 0) is 6.54 Å². The van der Waals surface area contributed by atoms with Gasteiger partial charge in [0.25, 0.3) is 0 Å². The van der Waals surface area contributed by atoms with Gasteiger partial charge in [0.05, 0.1) is 7.11 Å². The lowest BCUT2D eigenvalue weighted by molar-refractivity contribution is 0.247. The molecule has 0 spiro atoms. The fourth-order valence-electron chi connectivity index (χ4n) is 3.68. The van der Waals surface area contributed by atoms with E-state index in [1.165, 1.54) is 12.1 Å².